The Kier molecular flexibility index (Phi) is 3.56. The zero-order valence-electron chi connectivity index (χ0n) is 8.52. The molecule has 6 nitrogen and oxygen atoms in total. The number of benzene rings is 1. The fourth-order valence-corrected chi connectivity index (χ4v) is 1.24. The van der Waals surface area contributed by atoms with E-state index in [2.05, 4.69) is 4.74 Å². The van der Waals surface area contributed by atoms with Crippen molar-refractivity contribution >= 4 is 11.7 Å². The highest BCUT2D eigenvalue weighted by Crippen LogP contribution is 2.31. The van der Waals surface area contributed by atoms with Crippen molar-refractivity contribution in [1.29, 1.82) is 0 Å². The van der Waals surface area contributed by atoms with Gasteiger partial charge in [-0.25, -0.2) is 4.79 Å². The molecule has 0 saturated carbocycles. The van der Waals surface area contributed by atoms with Gasteiger partial charge in [-0.05, 0) is 12.5 Å². The Hall–Kier alpha value is -2.25. The number of carboxylic acids is 1. The van der Waals surface area contributed by atoms with Crippen LogP contribution in [-0.4, -0.2) is 22.6 Å². The highest BCUT2D eigenvalue weighted by molar-refractivity contribution is 5.90. The van der Waals surface area contributed by atoms with E-state index >= 15 is 0 Å². The van der Waals surface area contributed by atoms with Crippen LogP contribution in [-0.2, 0) is 0 Å². The summed E-state index contributed by atoms with van der Waals surface area (Å²) in [6.45, 7) is -1.94. The van der Waals surface area contributed by atoms with Crippen LogP contribution in [0.15, 0.2) is 12.1 Å². The molecule has 0 aliphatic rings. The number of halogens is 2. The Labute approximate surface area is 93.6 Å². The Morgan fingerprint density at radius 3 is 2.53 bits per heavy atom. The Balaban J connectivity index is 3.36. The standard InChI is InChI=1S/C9H7F2NO5/c1-4-2-6(12(15)16)7(17-9(10)11)3-5(4)8(13)14/h2-3,9H,1H3,(H,13,14). The summed E-state index contributed by atoms with van der Waals surface area (Å²) in [4.78, 5) is 20.4. The number of aromatic carboxylic acids is 1. The van der Waals surface area contributed by atoms with Gasteiger partial charge in [-0.3, -0.25) is 10.1 Å². The molecule has 0 aliphatic carbocycles. The first kappa shape index (κ1) is 12.8. The van der Waals surface area contributed by atoms with Crippen molar-refractivity contribution in [2.24, 2.45) is 0 Å². The van der Waals surface area contributed by atoms with Crippen molar-refractivity contribution in [3.8, 4) is 5.75 Å². The maximum atomic E-state index is 12.0. The normalized spacial score (nSPS) is 10.4. The lowest BCUT2D eigenvalue weighted by Crippen LogP contribution is -2.08. The number of ether oxygens (including phenoxy) is 1. The molecule has 92 valence electrons. The molecule has 17 heavy (non-hydrogen) atoms. The number of carboxylic acid groups (broad SMARTS) is 1. The van der Waals surface area contributed by atoms with E-state index in [9.17, 15) is 23.7 Å². The molecule has 0 atom stereocenters. The summed E-state index contributed by atoms with van der Waals surface area (Å²) in [7, 11) is 0. The minimum absolute atomic E-state index is 0.0887. The zero-order valence-corrected chi connectivity index (χ0v) is 8.52. The van der Waals surface area contributed by atoms with Crippen molar-refractivity contribution < 1.29 is 28.3 Å². The first-order valence-corrected chi connectivity index (χ1v) is 4.30. The highest BCUT2D eigenvalue weighted by atomic mass is 19.3. The third-order valence-corrected chi connectivity index (χ3v) is 1.95. The summed E-state index contributed by atoms with van der Waals surface area (Å²) in [5.74, 6) is -2.15. The van der Waals surface area contributed by atoms with Gasteiger partial charge in [-0.15, -0.1) is 0 Å². The van der Waals surface area contributed by atoms with Crippen molar-refractivity contribution in [2.45, 2.75) is 13.5 Å². The lowest BCUT2D eigenvalue weighted by atomic mass is 10.1. The van der Waals surface area contributed by atoms with Crippen LogP contribution < -0.4 is 4.74 Å². The Bertz CT molecular complexity index is 475. The van der Waals surface area contributed by atoms with E-state index in [0.717, 1.165) is 6.07 Å². The molecule has 0 spiro atoms. The molecule has 0 radical (unpaired) electrons. The number of nitro benzene ring substituents is 1. The molecule has 0 heterocycles. The van der Waals surface area contributed by atoms with E-state index in [1.807, 2.05) is 0 Å². The summed E-state index contributed by atoms with van der Waals surface area (Å²) in [6, 6.07) is 1.59. The number of rotatable bonds is 4. The number of carbonyl (C=O) groups is 1. The molecule has 1 aromatic carbocycles. The average Bonchev–Trinajstić information content (AvgIpc) is 2.18. The van der Waals surface area contributed by atoms with Gasteiger partial charge in [0.15, 0.2) is 0 Å². The van der Waals surface area contributed by atoms with Gasteiger partial charge in [0.05, 0.1) is 10.5 Å². The SMILES string of the molecule is Cc1cc([N+](=O)[O-])c(OC(F)F)cc1C(=O)O. The van der Waals surface area contributed by atoms with Crippen LogP contribution in [0.2, 0.25) is 0 Å². The van der Waals surface area contributed by atoms with Crippen LogP contribution in [0.25, 0.3) is 0 Å². The Morgan fingerprint density at radius 1 is 1.53 bits per heavy atom. The van der Waals surface area contributed by atoms with Crippen LogP contribution >= 0.6 is 0 Å². The van der Waals surface area contributed by atoms with Crippen molar-refractivity contribution in [3.63, 3.8) is 0 Å². The van der Waals surface area contributed by atoms with Crippen LogP contribution in [0, 0.1) is 17.0 Å². The van der Waals surface area contributed by atoms with E-state index in [1.54, 1.807) is 0 Å². The van der Waals surface area contributed by atoms with Crippen LogP contribution in [0.5, 0.6) is 5.75 Å². The first-order chi connectivity index (χ1) is 7.82. The van der Waals surface area contributed by atoms with Gasteiger partial charge in [0.25, 0.3) is 0 Å². The van der Waals surface area contributed by atoms with Gasteiger partial charge in [-0.2, -0.15) is 8.78 Å². The smallest absolute Gasteiger partial charge is 0.387 e. The van der Waals surface area contributed by atoms with Gasteiger partial charge >= 0.3 is 18.3 Å². The van der Waals surface area contributed by atoms with Crippen molar-refractivity contribution in [1.82, 2.24) is 0 Å². The monoisotopic (exact) mass is 247 g/mol. The largest absolute Gasteiger partial charge is 0.478 e. The predicted molar refractivity (Wildman–Crippen MR) is 51.4 cm³/mol. The molecule has 8 heteroatoms. The number of nitrogens with zero attached hydrogens (tertiary/aromatic N) is 1. The quantitative estimate of drug-likeness (QED) is 0.650. The molecule has 0 bridgehead atoms. The number of aryl methyl sites for hydroxylation is 1. The maximum Gasteiger partial charge on any atom is 0.387 e. The molecular weight excluding hydrogens is 240 g/mol. The Morgan fingerprint density at radius 2 is 2.12 bits per heavy atom. The summed E-state index contributed by atoms with van der Waals surface area (Å²) in [6.07, 6.45) is 0. The predicted octanol–water partition coefficient (Wildman–Crippen LogP) is 2.20. The number of alkyl halides is 2. The molecule has 1 rings (SSSR count). The summed E-state index contributed by atoms with van der Waals surface area (Å²) in [5, 5.41) is 19.3. The van der Waals surface area contributed by atoms with Gasteiger partial charge in [-0.1, -0.05) is 0 Å². The molecule has 1 N–H and O–H groups in total. The van der Waals surface area contributed by atoms with E-state index in [0.29, 0.717) is 6.07 Å². The topological polar surface area (TPSA) is 89.7 Å². The maximum absolute atomic E-state index is 12.0. The van der Waals surface area contributed by atoms with E-state index in [4.69, 9.17) is 5.11 Å². The average molecular weight is 247 g/mol. The summed E-state index contributed by atoms with van der Waals surface area (Å²) in [5.41, 5.74) is -0.940. The molecule has 0 amide bonds. The molecule has 0 saturated heterocycles. The third-order valence-electron chi connectivity index (χ3n) is 1.95. The lowest BCUT2D eigenvalue weighted by molar-refractivity contribution is -0.386. The number of nitro groups is 1. The third kappa shape index (κ3) is 2.86. The van der Waals surface area contributed by atoms with Crippen molar-refractivity contribution in [3.05, 3.63) is 33.4 Å². The first-order valence-electron chi connectivity index (χ1n) is 4.30. The van der Waals surface area contributed by atoms with E-state index in [1.165, 1.54) is 6.92 Å². The lowest BCUT2D eigenvalue weighted by Gasteiger charge is -2.08. The second kappa shape index (κ2) is 4.73. The zero-order chi connectivity index (χ0) is 13.2. The van der Waals surface area contributed by atoms with Gasteiger partial charge in [0.2, 0.25) is 5.75 Å². The van der Waals surface area contributed by atoms with Crippen LogP contribution in [0.3, 0.4) is 0 Å². The van der Waals surface area contributed by atoms with Crippen molar-refractivity contribution in [2.75, 3.05) is 0 Å². The molecular formula is C9H7F2NO5. The van der Waals surface area contributed by atoms with Gasteiger partial charge in [0.1, 0.15) is 0 Å². The van der Waals surface area contributed by atoms with Gasteiger partial charge < -0.3 is 9.84 Å². The van der Waals surface area contributed by atoms with Crippen LogP contribution in [0.1, 0.15) is 15.9 Å². The van der Waals surface area contributed by atoms with E-state index < -0.39 is 28.9 Å². The second-order valence-electron chi connectivity index (χ2n) is 3.08. The summed E-state index contributed by atoms with van der Waals surface area (Å²) < 4.78 is 27.9. The number of hydrogen-bond donors (Lipinski definition) is 1. The fraction of sp³-hybridized carbons (Fsp3) is 0.222. The molecule has 1 aromatic rings. The molecule has 0 aromatic heterocycles. The molecule has 0 aliphatic heterocycles. The highest BCUT2D eigenvalue weighted by Gasteiger charge is 2.22. The van der Waals surface area contributed by atoms with Crippen LogP contribution in [0.4, 0.5) is 14.5 Å². The van der Waals surface area contributed by atoms with E-state index in [-0.39, 0.29) is 11.1 Å². The van der Waals surface area contributed by atoms with Gasteiger partial charge in [0, 0.05) is 12.1 Å². The number of hydrogen-bond acceptors (Lipinski definition) is 4. The minimum atomic E-state index is -3.27. The second-order valence-corrected chi connectivity index (χ2v) is 3.08. The minimum Gasteiger partial charge on any atom is -0.478 e. The fourth-order valence-electron chi connectivity index (χ4n) is 1.24. The summed E-state index contributed by atoms with van der Waals surface area (Å²) >= 11 is 0. The molecule has 0 unspecified atom stereocenters. The molecule has 0 fully saturated rings.